The summed E-state index contributed by atoms with van der Waals surface area (Å²) < 4.78 is 5.32. The van der Waals surface area contributed by atoms with Crippen LogP contribution >= 0.6 is 11.6 Å². The van der Waals surface area contributed by atoms with Gasteiger partial charge in [0.25, 0.3) is 5.91 Å². The normalized spacial score (nSPS) is 20.4. The molecule has 1 N–H and O–H groups in total. The second-order valence-corrected chi connectivity index (χ2v) is 5.28. The Bertz CT molecular complexity index is 419. The minimum Gasteiger partial charge on any atom is -0.455 e. The molecule has 4 nitrogen and oxygen atoms in total. The molecule has 1 amide bonds. The third-order valence-corrected chi connectivity index (χ3v) is 3.88. The summed E-state index contributed by atoms with van der Waals surface area (Å²) in [6.07, 6.45) is 2.40. The third kappa shape index (κ3) is 3.98. The molecule has 0 aromatic carbocycles. The lowest BCUT2D eigenvalue weighted by molar-refractivity contribution is 0.0904. The second kappa shape index (κ2) is 6.96. The van der Waals surface area contributed by atoms with Gasteiger partial charge in [-0.05, 0) is 44.0 Å². The highest BCUT2D eigenvalue weighted by Crippen LogP contribution is 2.16. The summed E-state index contributed by atoms with van der Waals surface area (Å²) in [4.78, 5) is 14.3. The largest absolute Gasteiger partial charge is 0.455 e. The zero-order chi connectivity index (χ0) is 13.7. The van der Waals surface area contributed by atoms with Gasteiger partial charge in [0.15, 0.2) is 5.76 Å². The van der Waals surface area contributed by atoms with Crippen LogP contribution in [-0.2, 0) is 5.88 Å². The maximum Gasteiger partial charge on any atom is 0.287 e. The fourth-order valence-electron chi connectivity index (χ4n) is 2.50. The van der Waals surface area contributed by atoms with Crippen molar-refractivity contribution in [2.45, 2.75) is 25.6 Å². The molecular weight excluding hydrogens is 264 g/mol. The van der Waals surface area contributed by atoms with E-state index >= 15 is 0 Å². The molecule has 0 radical (unpaired) electrons. The molecule has 1 aliphatic heterocycles. The predicted octanol–water partition coefficient (Wildman–Crippen LogP) is 2.48. The van der Waals surface area contributed by atoms with Gasteiger partial charge in [-0.1, -0.05) is 6.92 Å². The fraction of sp³-hybridized carbons (Fsp3) is 0.643. The number of rotatable bonds is 5. The van der Waals surface area contributed by atoms with Crippen LogP contribution in [0.25, 0.3) is 0 Å². The first-order valence-corrected chi connectivity index (χ1v) is 7.41. The van der Waals surface area contributed by atoms with E-state index < -0.39 is 0 Å². The molecule has 0 bridgehead atoms. The van der Waals surface area contributed by atoms with Crippen LogP contribution in [-0.4, -0.2) is 37.0 Å². The fourth-order valence-corrected chi connectivity index (χ4v) is 2.64. The van der Waals surface area contributed by atoms with E-state index in [2.05, 4.69) is 17.1 Å². The van der Waals surface area contributed by atoms with E-state index in [4.69, 9.17) is 16.0 Å². The van der Waals surface area contributed by atoms with Crippen LogP contribution in [0, 0.1) is 5.92 Å². The first-order valence-electron chi connectivity index (χ1n) is 6.88. The number of hydrogen-bond acceptors (Lipinski definition) is 3. The van der Waals surface area contributed by atoms with Crippen LogP contribution in [0.2, 0.25) is 0 Å². The summed E-state index contributed by atoms with van der Waals surface area (Å²) in [7, 11) is 0. The van der Waals surface area contributed by atoms with Crippen molar-refractivity contribution in [3.05, 3.63) is 23.7 Å². The first kappa shape index (κ1) is 14.4. The van der Waals surface area contributed by atoms with E-state index in [0.717, 1.165) is 13.1 Å². The number of furan rings is 1. The third-order valence-electron chi connectivity index (χ3n) is 3.62. The topological polar surface area (TPSA) is 45.5 Å². The van der Waals surface area contributed by atoms with Gasteiger partial charge in [0.1, 0.15) is 5.76 Å². The Balaban J connectivity index is 1.79. The van der Waals surface area contributed by atoms with E-state index in [1.807, 2.05) is 0 Å². The Morgan fingerprint density at radius 3 is 3.11 bits per heavy atom. The number of amides is 1. The summed E-state index contributed by atoms with van der Waals surface area (Å²) in [5.74, 6) is 1.66. The smallest absolute Gasteiger partial charge is 0.287 e. The van der Waals surface area contributed by atoms with Crippen LogP contribution in [0.3, 0.4) is 0 Å². The van der Waals surface area contributed by atoms with Crippen LogP contribution in [0.4, 0.5) is 0 Å². The molecule has 1 atom stereocenters. The number of nitrogens with zero attached hydrogens (tertiary/aromatic N) is 1. The molecule has 19 heavy (non-hydrogen) atoms. The Kier molecular flexibility index (Phi) is 5.28. The molecule has 0 spiro atoms. The molecule has 5 heteroatoms. The number of carbonyl (C=O) groups excluding carboxylic acids is 1. The maximum absolute atomic E-state index is 11.9. The molecule has 106 valence electrons. The number of hydrogen-bond donors (Lipinski definition) is 1. The van der Waals surface area contributed by atoms with Gasteiger partial charge in [0, 0.05) is 13.1 Å². The van der Waals surface area contributed by atoms with Gasteiger partial charge in [-0.25, -0.2) is 0 Å². The summed E-state index contributed by atoms with van der Waals surface area (Å²) in [5, 5.41) is 2.95. The number of likely N-dealkylation sites (tertiary alicyclic amines) is 1. The van der Waals surface area contributed by atoms with E-state index in [-0.39, 0.29) is 5.91 Å². The van der Waals surface area contributed by atoms with Gasteiger partial charge < -0.3 is 14.6 Å². The Morgan fingerprint density at radius 2 is 2.42 bits per heavy atom. The minimum absolute atomic E-state index is 0.148. The van der Waals surface area contributed by atoms with Crippen LogP contribution in [0.5, 0.6) is 0 Å². The molecule has 0 saturated carbocycles. The predicted molar refractivity (Wildman–Crippen MR) is 75.4 cm³/mol. The van der Waals surface area contributed by atoms with Gasteiger partial charge >= 0.3 is 0 Å². The highest BCUT2D eigenvalue weighted by atomic mass is 35.5. The molecule has 1 saturated heterocycles. The van der Waals surface area contributed by atoms with Crippen LogP contribution < -0.4 is 5.32 Å². The van der Waals surface area contributed by atoms with Gasteiger partial charge in [-0.3, -0.25) is 4.79 Å². The average molecular weight is 285 g/mol. The average Bonchev–Trinajstić information content (AvgIpc) is 2.94. The number of carbonyl (C=O) groups is 1. The molecular formula is C14H21ClN2O2. The Hall–Kier alpha value is -1.00. The SMILES string of the molecule is CCN1CCCC(CNC(=O)c2ccc(CCl)o2)C1. The summed E-state index contributed by atoms with van der Waals surface area (Å²) in [5.41, 5.74) is 0. The highest BCUT2D eigenvalue weighted by Gasteiger charge is 2.20. The van der Waals surface area contributed by atoms with Crippen LogP contribution in [0.1, 0.15) is 36.1 Å². The van der Waals surface area contributed by atoms with Crippen molar-refractivity contribution in [1.82, 2.24) is 10.2 Å². The Labute approximate surface area is 119 Å². The van der Waals surface area contributed by atoms with E-state index in [1.165, 1.54) is 19.4 Å². The molecule has 1 fully saturated rings. The van der Waals surface area contributed by atoms with E-state index in [9.17, 15) is 4.79 Å². The maximum atomic E-state index is 11.9. The molecule has 2 rings (SSSR count). The van der Waals surface area contributed by atoms with Gasteiger partial charge in [-0.2, -0.15) is 0 Å². The lowest BCUT2D eigenvalue weighted by atomic mass is 9.98. The van der Waals surface area contributed by atoms with E-state index in [1.54, 1.807) is 12.1 Å². The summed E-state index contributed by atoms with van der Waals surface area (Å²) in [6.45, 7) is 6.23. The van der Waals surface area contributed by atoms with Crippen molar-refractivity contribution < 1.29 is 9.21 Å². The van der Waals surface area contributed by atoms with Gasteiger partial charge in [-0.15, -0.1) is 11.6 Å². The number of piperidine rings is 1. The number of halogens is 1. The first-order chi connectivity index (χ1) is 9.22. The Morgan fingerprint density at radius 1 is 1.58 bits per heavy atom. The standard InChI is InChI=1S/C14H21ClN2O2/c1-2-17-7-3-4-11(10-17)9-16-14(18)13-6-5-12(8-15)19-13/h5-6,11H,2-4,7-10H2,1H3,(H,16,18). The summed E-state index contributed by atoms with van der Waals surface area (Å²) >= 11 is 5.64. The van der Waals surface area contributed by atoms with Crippen molar-refractivity contribution in [3.63, 3.8) is 0 Å². The zero-order valence-corrected chi connectivity index (χ0v) is 12.1. The van der Waals surface area contributed by atoms with Crippen molar-refractivity contribution in [1.29, 1.82) is 0 Å². The minimum atomic E-state index is -0.148. The molecule has 1 aliphatic rings. The van der Waals surface area contributed by atoms with Gasteiger partial charge in [0.2, 0.25) is 0 Å². The molecule has 1 unspecified atom stereocenters. The monoisotopic (exact) mass is 284 g/mol. The quantitative estimate of drug-likeness (QED) is 0.845. The lowest BCUT2D eigenvalue weighted by Crippen LogP contribution is -2.40. The molecule has 1 aromatic heterocycles. The number of alkyl halides is 1. The zero-order valence-electron chi connectivity index (χ0n) is 11.3. The number of nitrogens with one attached hydrogen (secondary N) is 1. The molecule has 2 heterocycles. The lowest BCUT2D eigenvalue weighted by Gasteiger charge is -2.31. The molecule has 0 aliphatic carbocycles. The van der Waals surface area contributed by atoms with Crippen molar-refractivity contribution in [2.24, 2.45) is 5.92 Å². The molecule has 1 aromatic rings. The highest BCUT2D eigenvalue weighted by molar-refractivity contribution is 6.16. The summed E-state index contributed by atoms with van der Waals surface area (Å²) in [6, 6.07) is 3.41. The van der Waals surface area contributed by atoms with E-state index in [0.29, 0.717) is 29.9 Å². The van der Waals surface area contributed by atoms with Crippen molar-refractivity contribution in [2.75, 3.05) is 26.2 Å². The van der Waals surface area contributed by atoms with Crippen molar-refractivity contribution >= 4 is 17.5 Å². The van der Waals surface area contributed by atoms with Crippen molar-refractivity contribution in [3.8, 4) is 0 Å². The van der Waals surface area contributed by atoms with Gasteiger partial charge in [0.05, 0.1) is 5.88 Å². The van der Waals surface area contributed by atoms with Crippen LogP contribution in [0.15, 0.2) is 16.5 Å². The second-order valence-electron chi connectivity index (χ2n) is 5.01.